The Labute approximate surface area is 172 Å². The fourth-order valence-corrected chi connectivity index (χ4v) is 3.58. The Morgan fingerprint density at radius 1 is 1.21 bits per heavy atom. The first-order valence-corrected chi connectivity index (χ1v) is 9.65. The van der Waals surface area contributed by atoms with Crippen LogP contribution in [0.2, 0.25) is 5.02 Å². The Morgan fingerprint density at radius 2 is 1.93 bits per heavy atom. The third-order valence-corrected chi connectivity index (χ3v) is 5.14. The average molecular weight is 413 g/mol. The van der Waals surface area contributed by atoms with Crippen molar-refractivity contribution >= 4 is 34.4 Å². The summed E-state index contributed by atoms with van der Waals surface area (Å²) in [5.74, 6) is 0.538. The molecule has 0 radical (unpaired) electrons. The number of aryl methyl sites for hydroxylation is 1. The fourth-order valence-electron chi connectivity index (χ4n) is 3.46. The molecule has 8 nitrogen and oxygen atoms in total. The number of imidazole rings is 1. The van der Waals surface area contributed by atoms with Crippen LogP contribution in [0.3, 0.4) is 0 Å². The van der Waals surface area contributed by atoms with E-state index in [1.54, 1.807) is 18.1 Å². The van der Waals surface area contributed by atoms with E-state index in [2.05, 4.69) is 10.1 Å². The second-order valence-corrected chi connectivity index (χ2v) is 7.45. The number of anilines is 1. The lowest BCUT2D eigenvalue weighted by Gasteiger charge is -2.25. The first-order chi connectivity index (χ1) is 13.9. The molecule has 0 fully saturated rings. The highest BCUT2D eigenvalue weighted by Crippen LogP contribution is 2.25. The molecule has 0 bridgehead atoms. The summed E-state index contributed by atoms with van der Waals surface area (Å²) in [5, 5.41) is 7.03. The Balaban J connectivity index is 1.89. The molecule has 2 aromatic heterocycles. The van der Waals surface area contributed by atoms with Gasteiger partial charge in [0, 0.05) is 18.6 Å². The van der Waals surface area contributed by atoms with Gasteiger partial charge in [-0.25, -0.2) is 9.80 Å². The molecule has 0 saturated carbocycles. The fraction of sp³-hybridized carbons (Fsp3) is 0.300. The Hall–Kier alpha value is -3.13. The van der Waals surface area contributed by atoms with Gasteiger partial charge in [-0.2, -0.15) is 10.1 Å². The van der Waals surface area contributed by atoms with Gasteiger partial charge < -0.3 is 0 Å². The van der Waals surface area contributed by atoms with E-state index in [1.807, 2.05) is 48.8 Å². The van der Waals surface area contributed by atoms with Crippen LogP contribution in [-0.2, 0) is 26.7 Å². The first kappa shape index (κ1) is 19.2. The smallest absolute Gasteiger partial charge is 0.297 e. The van der Waals surface area contributed by atoms with E-state index >= 15 is 0 Å². The lowest BCUT2D eigenvalue weighted by Crippen LogP contribution is -2.39. The Morgan fingerprint density at radius 3 is 2.62 bits per heavy atom. The maximum absolute atomic E-state index is 13.1. The maximum atomic E-state index is 13.1. The highest BCUT2D eigenvalue weighted by atomic mass is 35.5. The number of nitrogens with zero attached hydrogens (tertiary/aromatic N) is 6. The van der Waals surface area contributed by atoms with Gasteiger partial charge in [0.05, 0.1) is 18.8 Å². The van der Waals surface area contributed by atoms with Gasteiger partial charge in [0.1, 0.15) is 0 Å². The van der Waals surface area contributed by atoms with Gasteiger partial charge in [0.25, 0.3) is 5.56 Å². The quantitative estimate of drug-likeness (QED) is 0.617. The van der Waals surface area contributed by atoms with Crippen LogP contribution in [-0.4, -0.2) is 24.4 Å². The molecule has 1 aromatic carbocycles. The molecule has 150 valence electrons. The SMILES string of the molecule is C/C=C/Cn1c(=O)c2c(nc3n2CC(C)=NN3Cc2ccc(Cl)cc2)n(C)c1=O. The van der Waals surface area contributed by atoms with Crippen LogP contribution in [0, 0.1) is 0 Å². The van der Waals surface area contributed by atoms with Crippen LogP contribution < -0.4 is 16.3 Å². The molecule has 0 atom stereocenters. The van der Waals surface area contributed by atoms with Crippen LogP contribution in [0.25, 0.3) is 11.2 Å². The Kier molecular flexibility index (Phi) is 4.87. The van der Waals surface area contributed by atoms with Gasteiger partial charge in [-0.15, -0.1) is 0 Å². The van der Waals surface area contributed by atoms with E-state index in [0.717, 1.165) is 11.3 Å². The molecule has 0 N–H and O–H groups in total. The van der Waals surface area contributed by atoms with Crippen LogP contribution in [0.1, 0.15) is 19.4 Å². The average Bonchev–Trinajstić information content (AvgIpc) is 3.08. The molecule has 3 heterocycles. The zero-order valence-corrected chi connectivity index (χ0v) is 17.2. The molecule has 1 aliphatic heterocycles. The summed E-state index contributed by atoms with van der Waals surface area (Å²) in [4.78, 5) is 30.4. The van der Waals surface area contributed by atoms with E-state index in [4.69, 9.17) is 11.6 Å². The van der Waals surface area contributed by atoms with Crippen LogP contribution in [0.15, 0.2) is 51.1 Å². The minimum Gasteiger partial charge on any atom is -0.297 e. The summed E-state index contributed by atoms with van der Waals surface area (Å²) in [7, 11) is 1.63. The van der Waals surface area contributed by atoms with Crippen molar-refractivity contribution in [3.63, 3.8) is 0 Å². The summed E-state index contributed by atoms with van der Waals surface area (Å²) in [6, 6.07) is 7.50. The van der Waals surface area contributed by atoms with Gasteiger partial charge in [0.2, 0.25) is 5.95 Å². The largest absolute Gasteiger partial charge is 0.332 e. The highest BCUT2D eigenvalue weighted by molar-refractivity contribution is 6.30. The summed E-state index contributed by atoms with van der Waals surface area (Å²) < 4.78 is 4.48. The molecule has 0 amide bonds. The van der Waals surface area contributed by atoms with Crippen LogP contribution in [0.4, 0.5) is 5.95 Å². The number of hydrogen-bond donors (Lipinski definition) is 0. The summed E-state index contributed by atoms with van der Waals surface area (Å²) in [6.07, 6.45) is 3.59. The molecule has 0 unspecified atom stereocenters. The van der Waals surface area contributed by atoms with E-state index < -0.39 is 5.69 Å². The molecule has 0 spiro atoms. The van der Waals surface area contributed by atoms with Gasteiger partial charge >= 0.3 is 5.69 Å². The second-order valence-electron chi connectivity index (χ2n) is 7.02. The molecule has 29 heavy (non-hydrogen) atoms. The number of rotatable bonds is 4. The number of aromatic nitrogens is 4. The summed E-state index contributed by atoms with van der Waals surface area (Å²) >= 11 is 5.98. The molecule has 0 saturated heterocycles. The predicted octanol–water partition coefficient (Wildman–Crippen LogP) is 2.52. The summed E-state index contributed by atoms with van der Waals surface area (Å²) in [5.41, 5.74) is 1.88. The van der Waals surface area contributed by atoms with Gasteiger partial charge in [-0.05, 0) is 31.5 Å². The van der Waals surface area contributed by atoms with Crippen molar-refractivity contribution in [2.24, 2.45) is 12.1 Å². The molecule has 4 rings (SSSR count). The standard InChI is InChI=1S/C20H21ClN6O2/c1-4-5-10-25-18(28)16-17(24(3)20(25)29)22-19-26(16)11-13(2)23-27(19)12-14-6-8-15(21)9-7-14/h4-9H,10-12H2,1-3H3/b5-4+. The van der Waals surface area contributed by atoms with E-state index in [0.29, 0.717) is 35.2 Å². The predicted molar refractivity (Wildman–Crippen MR) is 115 cm³/mol. The molecular weight excluding hydrogens is 392 g/mol. The monoisotopic (exact) mass is 412 g/mol. The van der Waals surface area contributed by atoms with Gasteiger partial charge in [0.15, 0.2) is 11.2 Å². The zero-order chi connectivity index (χ0) is 20.7. The van der Waals surface area contributed by atoms with Crippen LogP contribution >= 0.6 is 11.6 Å². The third kappa shape index (κ3) is 3.29. The lowest BCUT2D eigenvalue weighted by atomic mass is 10.2. The molecule has 0 aliphatic carbocycles. The number of benzene rings is 1. The van der Waals surface area contributed by atoms with E-state index in [1.165, 1.54) is 9.13 Å². The first-order valence-electron chi connectivity index (χ1n) is 9.28. The number of fused-ring (bicyclic) bond motifs is 3. The van der Waals surface area contributed by atoms with E-state index in [9.17, 15) is 9.59 Å². The zero-order valence-electron chi connectivity index (χ0n) is 16.5. The van der Waals surface area contributed by atoms with Crippen molar-refractivity contribution in [2.75, 3.05) is 5.01 Å². The van der Waals surface area contributed by atoms with Crippen molar-refractivity contribution in [3.05, 3.63) is 67.8 Å². The lowest BCUT2D eigenvalue weighted by molar-refractivity contribution is 0.662. The molecule has 9 heteroatoms. The third-order valence-electron chi connectivity index (χ3n) is 4.89. The number of halogens is 1. The highest BCUT2D eigenvalue weighted by Gasteiger charge is 2.26. The second kappa shape index (κ2) is 7.36. The van der Waals surface area contributed by atoms with E-state index in [-0.39, 0.29) is 12.1 Å². The van der Waals surface area contributed by atoms with Crippen molar-refractivity contribution in [1.82, 2.24) is 18.7 Å². The van der Waals surface area contributed by atoms with Crippen LogP contribution in [0.5, 0.6) is 0 Å². The molecule has 1 aliphatic rings. The topological polar surface area (TPSA) is 77.4 Å². The van der Waals surface area contributed by atoms with Crippen molar-refractivity contribution in [3.8, 4) is 0 Å². The van der Waals surface area contributed by atoms with Crippen molar-refractivity contribution in [2.45, 2.75) is 33.5 Å². The number of hydrazone groups is 1. The Bertz CT molecular complexity index is 1260. The molecule has 3 aromatic rings. The normalized spacial score (nSPS) is 13.9. The van der Waals surface area contributed by atoms with Gasteiger partial charge in [-0.3, -0.25) is 18.5 Å². The van der Waals surface area contributed by atoms with Gasteiger partial charge in [-0.1, -0.05) is 35.9 Å². The minimum atomic E-state index is -0.391. The maximum Gasteiger partial charge on any atom is 0.332 e. The van der Waals surface area contributed by atoms with Crippen molar-refractivity contribution in [1.29, 1.82) is 0 Å². The minimum absolute atomic E-state index is 0.222. The number of hydrogen-bond acceptors (Lipinski definition) is 5. The summed E-state index contributed by atoms with van der Waals surface area (Å²) in [6.45, 7) is 4.89. The van der Waals surface area contributed by atoms with Crippen molar-refractivity contribution < 1.29 is 0 Å². The number of allylic oxidation sites excluding steroid dienone is 2. The molecular formula is C20H21ClN6O2.